The predicted octanol–water partition coefficient (Wildman–Crippen LogP) is 4.18. The normalized spacial score (nSPS) is 12.5. The molecule has 3 nitrogen and oxygen atoms in total. The quantitative estimate of drug-likeness (QED) is 0.683. The summed E-state index contributed by atoms with van der Waals surface area (Å²) in [6.45, 7) is 1.80. The molecule has 1 aromatic heterocycles. The minimum atomic E-state index is 0.140. The molecule has 0 fully saturated rings. The number of methoxy groups -OCH3 is 1. The van der Waals surface area contributed by atoms with Gasteiger partial charge in [0.15, 0.2) is 0 Å². The van der Waals surface area contributed by atoms with Crippen molar-refractivity contribution in [3.8, 4) is 0 Å². The molecule has 0 aliphatic carbocycles. The summed E-state index contributed by atoms with van der Waals surface area (Å²) < 4.78 is 5.12. The average Bonchev–Trinajstić information content (AvgIpc) is 2.55. The number of rotatable bonds is 8. The van der Waals surface area contributed by atoms with Crippen molar-refractivity contribution in [1.29, 1.82) is 0 Å². The van der Waals surface area contributed by atoms with Gasteiger partial charge >= 0.3 is 0 Å². The van der Waals surface area contributed by atoms with Crippen molar-refractivity contribution in [3.05, 3.63) is 64.9 Å². The van der Waals surface area contributed by atoms with Crippen LogP contribution in [0.1, 0.15) is 30.1 Å². The van der Waals surface area contributed by atoms with Crippen LogP contribution >= 0.6 is 11.6 Å². The molecular weight excluding hydrogens is 296 g/mol. The maximum absolute atomic E-state index is 6.02. The monoisotopic (exact) mass is 318 g/mol. The molecule has 118 valence electrons. The van der Waals surface area contributed by atoms with Gasteiger partial charge in [-0.3, -0.25) is 9.88 Å². The molecule has 0 N–H and O–H groups in total. The van der Waals surface area contributed by atoms with Gasteiger partial charge in [-0.05, 0) is 56.3 Å². The Bertz CT molecular complexity index is 545. The standard InChI is InChI=1S/C18H23ClN2O/c1-21(13-5-6-14-22-2)18(17-7-3-4-12-20-17)15-8-10-16(19)11-9-15/h3-4,7-12,18H,5-6,13-14H2,1-2H3/t18-/m0/s1. The number of nitrogens with zero attached hydrogens (tertiary/aromatic N) is 2. The second kappa shape index (κ2) is 8.89. The van der Waals surface area contributed by atoms with E-state index in [2.05, 4.69) is 35.1 Å². The van der Waals surface area contributed by atoms with E-state index in [-0.39, 0.29) is 6.04 Å². The molecule has 1 heterocycles. The van der Waals surface area contributed by atoms with Crippen molar-refractivity contribution in [2.75, 3.05) is 27.3 Å². The molecule has 1 aromatic carbocycles. The first kappa shape index (κ1) is 16.9. The van der Waals surface area contributed by atoms with Gasteiger partial charge in [0.1, 0.15) is 0 Å². The summed E-state index contributed by atoms with van der Waals surface area (Å²) in [6, 6.07) is 14.2. The van der Waals surface area contributed by atoms with Crippen LogP contribution in [-0.4, -0.2) is 37.2 Å². The zero-order valence-electron chi connectivity index (χ0n) is 13.2. The first-order chi connectivity index (χ1) is 10.7. The predicted molar refractivity (Wildman–Crippen MR) is 91.3 cm³/mol. The van der Waals surface area contributed by atoms with E-state index in [1.54, 1.807) is 7.11 Å². The first-order valence-electron chi connectivity index (χ1n) is 7.58. The van der Waals surface area contributed by atoms with Gasteiger partial charge in [0.2, 0.25) is 0 Å². The Morgan fingerprint density at radius 2 is 1.91 bits per heavy atom. The van der Waals surface area contributed by atoms with Crippen LogP contribution in [0.2, 0.25) is 5.02 Å². The number of halogens is 1. The van der Waals surface area contributed by atoms with E-state index < -0.39 is 0 Å². The first-order valence-corrected chi connectivity index (χ1v) is 7.95. The second-order valence-corrected chi connectivity index (χ2v) is 5.83. The van der Waals surface area contributed by atoms with Gasteiger partial charge in [-0.2, -0.15) is 0 Å². The Morgan fingerprint density at radius 1 is 1.14 bits per heavy atom. The maximum atomic E-state index is 6.02. The van der Waals surface area contributed by atoms with Gasteiger partial charge in [-0.15, -0.1) is 0 Å². The Balaban J connectivity index is 2.16. The third-order valence-corrected chi connectivity index (χ3v) is 3.96. The smallest absolute Gasteiger partial charge is 0.0773 e. The van der Waals surface area contributed by atoms with Gasteiger partial charge in [0, 0.05) is 24.9 Å². The van der Waals surface area contributed by atoms with Gasteiger partial charge in [-0.25, -0.2) is 0 Å². The third kappa shape index (κ3) is 4.80. The lowest BCUT2D eigenvalue weighted by Gasteiger charge is -2.28. The van der Waals surface area contributed by atoms with Crippen LogP contribution < -0.4 is 0 Å². The van der Waals surface area contributed by atoms with Crippen molar-refractivity contribution in [2.24, 2.45) is 0 Å². The summed E-state index contributed by atoms with van der Waals surface area (Å²) in [5.74, 6) is 0. The topological polar surface area (TPSA) is 25.4 Å². The maximum Gasteiger partial charge on any atom is 0.0773 e. The summed E-state index contributed by atoms with van der Waals surface area (Å²) in [5.41, 5.74) is 2.26. The summed E-state index contributed by atoms with van der Waals surface area (Å²) in [5, 5.41) is 0.756. The van der Waals surface area contributed by atoms with Crippen LogP contribution in [0.4, 0.5) is 0 Å². The molecule has 0 saturated heterocycles. The van der Waals surface area contributed by atoms with Crippen LogP contribution in [0.3, 0.4) is 0 Å². The van der Waals surface area contributed by atoms with E-state index in [1.807, 2.05) is 30.5 Å². The summed E-state index contributed by atoms with van der Waals surface area (Å²) in [7, 11) is 3.88. The second-order valence-electron chi connectivity index (χ2n) is 5.39. The fraction of sp³-hybridized carbons (Fsp3) is 0.389. The highest BCUT2D eigenvalue weighted by molar-refractivity contribution is 6.30. The molecule has 0 spiro atoms. The van der Waals surface area contributed by atoms with Crippen molar-refractivity contribution < 1.29 is 4.74 Å². The van der Waals surface area contributed by atoms with Crippen molar-refractivity contribution in [1.82, 2.24) is 9.88 Å². The Kier molecular flexibility index (Phi) is 6.84. The zero-order valence-corrected chi connectivity index (χ0v) is 14.0. The number of pyridine rings is 1. The molecule has 0 amide bonds. The highest BCUT2D eigenvalue weighted by atomic mass is 35.5. The molecular formula is C18H23ClN2O. The van der Waals surface area contributed by atoms with E-state index in [4.69, 9.17) is 16.3 Å². The summed E-state index contributed by atoms with van der Waals surface area (Å²) in [6.07, 6.45) is 4.01. The average molecular weight is 319 g/mol. The number of aromatic nitrogens is 1. The van der Waals surface area contributed by atoms with E-state index in [0.29, 0.717) is 0 Å². The van der Waals surface area contributed by atoms with Gasteiger partial charge in [0.05, 0.1) is 11.7 Å². The van der Waals surface area contributed by atoms with Crippen LogP contribution in [0.15, 0.2) is 48.7 Å². The number of unbranched alkanes of at least 4 members (excludes halogenated alkanes) is 1. The van der Waals surface area contributed by atoms with E-state index in [1.165, 1.54) is 5.56 Å². The van der Waals surface area contributed by atoms with Crippen molar-refractivity contribution >= 4 is 11.6 Å². The lowest BCUT2D eigenvalue weighted by atomic mass is 10.0. The molecule has 2 rings (SSSR count). The minimum Gasteiger partial charge on any atom is -0.385 e. The van der Waals surface area contributed by atoms with Crippen LogP contribution in [0.5, 0.6) is 0 Å². The Labute approximate surface area is 137 Å². The minimum absolute atomic E-state index is 0.140. The Morgan fingerprint density at radius 3 is 2.55 bits per heavy atom. The summed E-state index contributed by atoms with van der Waals surface area (Å²) >= 11 is 6.02. The third-order valence-electron chi connectivity index (χ3n) is 3.70. The number of hydrogen-bond acceptors (Lipinski definition) is 3. The molecule has 1 atom stereocenters. The van der Waals surface area contributed by atoms with E-state index >= 15 is 0 Å². The molecule has 22 heavy (non-hydrogen) atoms. The Hall–Kier alpha value is -1.42. The number of ether oxygens (including phenoxy) is 1. The highest BCUT2D eigenvalue weighted by Crippen LogP contribution is 2.27. The van der Waals surface area contributed by atoms with Crippen LogP contribution in [0, 0.1) is 0 Å². The van der Waals surface area contributed by atoms with Crippen LogP contribution in [0.25, 0.3) is 0 Å². The van der Waals surface area contributed by atoms with E-state index in [9.17, 15) is 0 Å². The fourth-order valence-corrected chi connectivity index (χ4v) is 2.70. The molecule has 0 unspecified atom stereocenters. The zero-order chi connectivity index (χ0) is 15.8. The molecule has 0 bridgehead atoms. The lowest BCUT2D eigenvalue weighted by Crippen LogP contribution is -2.27. The highest BCUT2D eigenvalue weighted by Gasteiger charge is 2.20. The van der Waals surface area contributed by atoms with E-state index in [0.717, 1.165) is 36.7 Å². The molecule has 0 saturated carbocycles. The lowest BCUT2D eigenvalue weighted by molar-refractivity contribution is 0.183. The van der Waals surface area contributed by atoms with Gasteiger partial charge < -0.3 is 4.74 Å². The van der Waals surface area contributed by atoms with Crippen molar-refractivity contribution in [3.63, 3.8) is 0 Å². The van der Waals surface area contributed by atoms with Crippen molar-refractivity contribution in [2.45, 2.75) is 18.9 Å². The SMILES string of the molecule is COCCCCN(C)[C@@H](c1ccc(Cl)cc1)c1ccccn1. The molecule has 0 aliphatic heterocycles. The van der Waals surface area contributed by atoms with Gasteiger partial charge in [0.25, 0.3) is 0 Å². The number of hydrogen-bond donors (Lipinski definition) is 0. The molecule has 0 radical (unpaired) electrons. The van der Waals surface area contributed by atoms with Gasteiger partial charge in [-0.1, -0.05) is 29.8 Å². The fourth-order valence-electron chi connectivity index (χ4n) is 2.57. The number of benzene rings is 1. The summed E-state index contributed by atoms with van der Waals surface area (Å²) in [4.78, 5) is 6.88. The molecule has 4 heteroatoms. The largest absolute Gasteiger partial charge is 0.385 e. The van der Waals surface area contributed by atoms with Crippen LogP contribution in [-0.2, 0) is 4.74 Å². The molecule has 0 aliphatic rings. The molecule has 2 aromatic rings.